The second-order valence-corrected chi connectivity index (χ2v) is 4.42. The lowest BCUT2D eigenvalue weighted by Crippen LogP contribution is -2.27. The highest BCUT2D eigenvalue weighted by Gasteiger charge is 2.30. The van der Waals surface area contributed by atoms with Crippen LogP contribution in [0.15, 0.2) is 18.2 Å². The van der Waals surface area contributed by atoms with Crippen molar-refractivity contribution in [2.75, 3.05) is 6.61 Å². The summed E-state index contributed by atoms with van der Waals surface area (Å²) in [4.78, 5) is 15.3. The van der Waals surface area contributed by atoms with E-state index >= 15 is 0 Å². The van der Waals surface area contributed by atoms with Crippen LogP contribution >= 0.6 is 0 Å². The van der Waals surface area contributed by atoms with Crippen molar-refractivity contribution in [2.45, 2.75) is 26.2 Å². The van der Waals surface area contributed by atoms with E-state index in [1.54, 1.807) is 25.1 Å². The monoisotopic (exact) mass is 224 g/mol. The molecule has 1 aromatic rings. The molecule has 0 fully saturated rings. The highest BCUT2D eigenvalue weighted by atomic mass is 16.6. The van der Waals surface area contributed by atoms with E-state index < -0.39 is 5.41 Å². The number of nitrogens with zero attached hydrogens (tertiary/aromatic N) is 1. The summed E-state index contributed by atoms with van der Waals surface area (Å²) in [5.41, 5.74) is 0.948. The van der Waals surface area contributed by atoms with Crippen molar-refractivity contribution in [3.63, 3.8) is 0 Å². The third kappa shape index (κ3) is 2.37. The van der Waals surface area contributed by atoms with Gasteiger partial charge in [-0.05, 0) is 6.92 Å². The molecule has 0 unspecified atom stereocenters. The maximum Gasteiger partial charge on any atom is 0.276 e. The number of nitro benzene ring substituents is 1. The van der Waals surface area contributed by atoms with Crippen molar-refractivity contribution >= 4 is 5.69 Å². The number of rotatable bonds is 4. The Morgan fingerprint density at radius 2 is 2.12 bits per heavy atom. The molecule has 1 aromatic carbocycles. The molecule has 0 saturated carbocycles. The summed E-state index contributed by atoms with van der Waals surface area (Å²) in [6.45, 7) is 5.68. The second kappa shape index (κ2) is 4.59. The van der Waals surface area contributed by atoms with Gasteiger partial charge in [0.1, 0.15) is 0 Å². The first kappa shape index (κ1) is 12.6. The van der Waals surface area contributed by atoms with Gasteiger partial charge in [-0.3, -0.25) is 10.1 Å². The molecule has 0 bridgehead atoms. The second-order valence-electron chi connectivity index (χ2n) is 4.42. The zero-order valence-electron chi connectivity index (χ0n) is 9.69. The molecule has 0 amide bonds. The molecular formula is C11H16N2O3. The summed E-state index contributed by atoms with van der Waals surface area (Å²) in [6.07, 6.45) is 0. The fourth-order valence-electron chi connectivity index (χ4n) is 1.73. The van der Waals surface area contributed by atoms with Crippen LogP contribution in [0.5, 0.6) is 0 Å². The molecule has 2 N–H and O–H groups in total. The highest BCUT2D eigenvalue weighted by Crippen LogP contribution is 2.33. The van der Waals surface area contributed by atoms with Crippen LogP contribution in [0.4, 0.5) is 5.69 Å². The number of benzene rings is 1. The van der Waals surface area contributed by atoms with Gasteiger partial charge in [0.15, 0.2) is 0 Å². The molecule has 0 aliphatic heterocycles. The molecule has 0 atom stereocenters. The van der Waals surface area contributed by atoms with Crippen molar-refractivity contribution in [1.82, 2.24) is 0 Å². The molecule has 1 rings (SSSR count). The van der Waals surface area contributed by atoms with Crippen LogP contribution in [0.1, 0.15) is 25.0 Å². The largest absolute Gasteiger partial charge is 0.304 e. The number of nitro groups is 1. The van der Waals surface area contributed by atoms with Crippen LogP contribution in [0.3, 0.4) is 0 Å². The van der Waals surface area contributed by atoms with Crippen LogP contribution in [-0.4, -0.2) is 11.5 Å². The normalized spacial score (nSPS) is 11.5. The fraction of sp³-hybridized carbons (Fsp3) is 0.455. The fourth-order valence-corrected chi connectivity index (χ4v) is 1.73. The van der Waals surface area contributed by atoms with Gasteiger partial charge in [-0.2, -0.15) is 0 Å². The molecule has 16 heavy (non-hydrogen) atoms. The van der Waals surface area contributed by atoms with E-state index in [1.165, 1.54) is 0 Å². The molecule has 0 spiro atoms. The molecule has 0 aliphatic carbocycles. The van der Waals surface area contributed by atoms with Gasteiger partial charge in [-0.1, -0.05) is 32.0 Å². The number of aryl methyl sites for hydroxylation is 1. The third-order valence-corrected chi connectivity index (χ3v) is 2.59. The van der Waals surface area contributed by atoms with Gasteiger partial charge in [0.2, 0.25) is 0 Å². The lowest BCUT2D eigenvalue weighted by Gasteiger charge is -2.23. The van der Waals surface area contributed by atoms with Gasteiger partial charge in [0, 0.05) is 16.5 Å². The Morgan fingerprint density at radius 3 is 2.62 bits per heavy atom. The number of hydrogen-bond acceptors (Lipinski definition) is 4. The molecule has 0 heterocycles. The Labute approximate surface area is 94.3 Å². The lowest BCUT2D eigenvalue weighted by atomic mass is 9.83. The van der Waals surface area contributed by atoms with E-state index in [9.17, 15) is 10.1 Å². The van der Waals surface area contributed by atoms with Crippen LogP contribution < -0.4 is 5.90 Å². The molecule has 0 aromatic heterocycles. The van der Waals surface area contributed by atoms with Gasteiger partial charge >= 0.3 is 0 Å². The average molecular weight is 224 g/mol. The summed E-state index contributed by atoms with van der Waals surface area (Å²) in [6, 6.07) is 5.26. The van der Waals surface area contributed by atoms with Crippen LogP contribution in [-0.2, 0) is 10.3 Å². The minimum atomic E-state index is -0.483. The first-order valence-corrected chi connectivity index (χ1v) is 4.96. The minimum absolute atomic E-state index is 0.143. The van der Waals surface area contributed by atoms with E-state index in [2.05, 4.69) is 4.84 Å². The van der Waals surface area contributed by atoms with Crippen molar-refractivity contribution in [1.29, 1.82) is 0 Å². The van der Waals surface area contributed by atoms with E-state index in [1.807, 2.05) is 13.8 Å². The van der Waals surface area contributed by atoms with E-state index in [4.69, 9.17) is 5.90 Å². The Kier molecular flexibility index (Phi) is 3.62. The van der Waals surface area contributed by atoms with E-state index in [0.29, 0.717) is 11.1 Å². The molecule has 0 aliphatic rings. The Balaban J connectivity index is 3.33. The molecular weight excluding hydrogens is 208 g/mol. The van der Waals surface area contributed by atoms with Gasteiger partial charge in [-0.25, -0.2) is 5.90 Å². The molecule has 5 nitrogen and oxygen atoms in total. The van der Waals surface area contributed by atoms with Gasteiger partial charge < -0.3 is 4.84 Å². The zero-order chi connectivity index (χ0) is 12.3. The topological polar surface area (TPSA) is 78.4 Å². The molecule has 0 saturated heterocycles. The van der Waals surface area contributed by atoms with Crippen molar-refractivity contribution in [3.8, 4) is 0 Å². The highest BCUT2D eigenvalue weighted by molar-refractivity contribution is 5.50. The maximum absolute atomic E-state index is 11.0. The Hall–Kier alpha value is -1.46. The first-order valence-electron chi connectivity index (χ1n) is 4.96. The molecule has 0 radical (unpaired) electrons. The standard InChI is InChI=1S/C11H16N2O3/c1-8-5-4-6-9(10(8)13(14)15)11(2,3)7-16-12/h4-6H,7,12H2,1-3H3. The number of nitrogens with two attached hydrogens (primary N) is 1. The summed E-state index contributed by atoms with van der Waals surface area (Å²) < 4.78 is 0. The van der Waals surface area contributed by atoms with Crippen molar-refractivity contribution in [2.24, 2.45) is 5.90 Å². The average Bonchev–Trinajstić information content (AvgIpc) is 2.16. The van der Waals surface area contributed by atoms with Crippen molar-refractivity contribution in [3.05, 3.63) is 39.4 Å². The zero-order valence-corrected chi connectivity index (χ0v) is 9.69. The third-order valence-electron chi connectivity index (χ3n) is 2.59. The first-order chi connectivity index (χ1) is 7.40. The summed E-state index contributed by atoms with van der Waals surface area (Å²) >= 11 is 0. The molecule has 5 heteroatoms. The summed E-state index contributed by atoms with van der Waals surface area (Å²) in [5.74, 6) is 5.05. The van der Waals surface area contributed by atoms with Crippen LogP contribution in [0.25, 0.3) is 0 Å². The Morgan fingerprint density at radius 1 is 1.50 bits per heavy atom. The summed E-state index contributed by atoms with van der Waals surface area (Å²) in [5, 5.41) is 11.0. The number of hydrogen-bond donors (Lipinski definition) is 1. The molecule has 88 valence electrons. The van der Waals surface area contributed by atoms with Crippen molar-refractivity contribution < 1.29 is 9.76 Å². The number of para-hydroxylation sites is 1. The quantitative estimate of drug-likeness (QED) is 0.627. The SMILES string of the molecule is Cc1cccc(C(C)(C)CON)c1[N+](=O)[O-]. The van der Waals surface area contributed by atoms with Crippen LogP contribution in [0.2, 0.25) is 0 Å². The van der Waals surface area contributed by atoms with Gasteiger partial charge in [0.05, 0.1) is 11.5 Å². The minimum Gasteiger partial charge on any atom is -0.304 e. The van der Waals surface area contributed by atoms with Gasteiger partial charge in [0.25, 0.3) is 5.69 Å². The maximum atomic E-state index is 11.0. The summed E-state index contributed by atoms with van der Waals surface area (Å²) in [7, 11) is 0. The predicted molar refractivity (Wildman–Crippen MR) is 61.0 cm³/mol. The van der Waals surface area contributed by atoms with Crippen LogP contribution in [0, 0.1) is 17.0 Å². The smallest absolute Gasteiger partial charge is 0.276 e. The lowest BCUT2D eigenvalue weighted by molar-refractivity contribution is -0.386. The predicted octanol–water partition coefficient (Wildman–Crippen LogP) is 2.07. The Bertz CT molecular complexity index is 402. The van der Waals surface area contributed by atoms with E-state index in [0.717, 1.165) is 0 Å². The van der Waals surface area contributed by atoms with E-state index in [-0.39, 0.29) is 17.2 Å². The van der Waals surface area contributed by atoms with Gasteiger partial charge in [-0.15, -0.1) is 0 Å².